The summed E-state index contributed by atoms with van der Waals surface area (Å²) < 4.78 is 11.5. The van der Waals surface area contributed by atoms with Crippen LogP contribution in [0.4, 0.5) is 11.5 Å². The Morgan fingerprint density at radius 3 is 2.57 bits per heavy atom. The molecule has 0 unspecified atom stereocenters. The van der Waals surface area contributed by atoms with Crippen LogP contribution >= 0.6 is 0 Å². The van der Waals surface area contributed by atoms with E-state index in [1.807, 2.05) is 42.5 Å². The summed E-state index contributed by atoms with van der Waals surface area (Å²) in [4.78, 5) is 34.3. The molecule has 1 atom stereocenters. The first-order valence-electron chi connectivity index (χ1n) is 12.7. The molecule has 0 bridgehead atoms. The number of pyridine rings is 1. The van der Waals surface area contributed by atoms with Crippen LogP contribution in [0.5, 0.6) is 11.5 Å². The predicted molar refractivity (Wildman–Crippen MR) is 143 cm³/mol. The van der Waals surface area contributed by atoms with Gasteiger partial charge in [-0.2, -0.15) is 0 Å². The number of hydrogen-bond donors (Lipinski definition) is 2. The van der Waals surface area contributed by atoms with Crippen molar-refractivity contribution in [3.8, 4) is 11.5 Å². The Bertz CT molecular complexity index is 1290. The number of ether oxygens (including phenoxy) is 2. The van der Waals surface area contributed by atoms with E-state index in [4.69, 9.17) is 14.5 Å². The Balaban J connectivity index is 1.10. The number of aromatic nitrogens is 1. The molecule has 9 heteroatoms. The summed E-state index contributed by atoms with van der Waals surface area (Å²) in [6.07, 6.45) is -0.0776. The molecule has 2 aliphatic rings. The van der Waals surface area contributed by atoms with E-state index in [0.29, 0.717) is 30.3 Å². The normalized spacial score (nSPS) is 17.5. The highest BCUT2D eigenvalue weighted by Crippen LogP contribution is 2.30. The number of aryl methyl sites for hydroxylation is 1. The quantitative estimate of drug-likeness (QED) is 0.512. The number of likely N-dealkylation sites (N-methyl/N-ethyl adjacent to an activating group) is 1. The molecule has 9 nitrogen and oxygen atoms in total. The molecule has 1 fully saturated rings. The molecule has 0 aliphatic carbocycles. The van der Waals surface area contributed by atoms with Crippen molar-refractivity contribution in [2.24, 2.45) is 0 Å². The van der Waals surface area contributed by atoms with Gasteiger partial charge in [-0.15, -0.1) is 0 Å². The van der Waals surface area contributed by atoms with Crippen molar-refractivity contribution in [3.63, 3.8) is 0 Å². The molecule has 0 radical (unpaired) electrons. The van der Waals surface area contributed by atoms with Crippen molar-refractivity contribution >= 4 is 34.2 Å². The van der Waals surface area contributed by atoms with Crippen LogP contribution in [0.1, 0.15) is 18.4 Å². The average molecular weight is 504 g/mol. The second kappa shape index (κ2) is 11.0. The molecule has 5 rings (SSSR count). The van der Waals surface area contributed by atoms with Gasteiger partial charge in [0, 0.05) is 50.1 Å². The minimum atomic E-state index is -0.265. The number of benzene rings is 2. The summed E-state index contributed by atoms with van der Waals surface area (Å²) in [5, 5.41) is 6.74. The van der Waals surface area contributed by atoms with E-state index in [-0.39, 0.29) is 30.8 Å². The van der Waals surface area contributed by atoms with E-state index < -0.39 is 0 Å². The number of carbonyl (C=O) groups is 2. The van der Waals surface area contributed by atoms with E-state index in [1.54, 1.807) is 0 Å². The third-order valence-electron chi connectivity index (χ3n) is 6.79. The fourth-order valence-electron chi connectivity index (χ4n) is 4.58. The first-order chi connectivity index (χ1) is 17.9. The summed E-state index contributed by atoms with van der Waals surface area (Å²) in [7, 11) is 2.14. The maximum absolute atomic E-state index is 12.5. The van der Waals surface area contributed by atoms with Gasteiger partial charge in [0.1, 0.15) is 18.5 Å². The zero-order valence-electron chi connectivity index (χ0n) is 21.3. The SMILES string of the molecule is Cc1cc(N2CCN(C)CC2)nc2ccc(NC(=O)CCC(=O)NC[C@@H]3COc4ccccc4O3)cc12. The smallest absolute Gasteiger partial charge is 0.224 e. The molecule has 2 amide bonds. The molecular formula is C28H33N5O4. The fraction of sp³-hybridized carbons (Fsp3) is 0.393. The summed E-state index contributed by atoms with van der Waals surface area (Å²) in [5.74, 6) is 1.96. The lowest BCUT2D eigenvalue weighted by Crippen LogP contribution is -2.44. The predicted octanol–water partition coefficient (Wildman–Crippen LogP) is 2.97. The van der Waals surface area contributed by atoms with E-state index in [1.165, 1.54) is 0 Å². The second-order valence-corrected chi connectivity index (χ2v) is 9.67. The van der Waals surface area contributed by atoms with Crippen molar-refractivity contribution in [2.45, 2.75) is 25.9 Å². The van der Waals surface area contributed by atoms with Crippen molar-refractivity contribution in [1.82, 2.24) is 15.2 Å². The van der Waals surface area contributed by atoms with Crippen LogP contribution in [0.3, 0.4) is 0 Å². The lowest BCUT2D eigenvalue weighted by molar-refractivity contribution is -0.124. The summed E-state index contributed by atoms with van der Waals surface area (Å²) in [6, 6.07) is 15.3. The van der Waals surface area contributed by atoms with Gasteiger partial charge in [0.05, 0.1) is 12.1 Å². The summed E-state index contributed by atoms with van der Waals surface area (Å²) in [5.41, 5.74) is 2.72. The zero-order chi connectivity index (χ0) is 25.8. The number of nitrogens with one attached hydrogen (secondary N) is 2. The third-order valence-corrected chi connectivity index (χ3v) is 6.79. The molecule has 1 aromatic heterocycles. The van der Waals surface area contributed by atoms with E-state index in [0.717, 1.165) is 48.5 Å². The van der Waals surface area contributed by atoms with Crippen molar-refractivity contribution < 1.29 is 19.1 Å². The number of piperazine rings is 1. The zero-order valence-corrected chi connectivity index (χ0v) is 21.3. The first-order valence-corrected chi connectivity index (χ1v) is 12.7. The highest BCUT2D eigenvalue weighted by atomic mass is 16.6. The minimum Gasteiger partial charge on any atom is -0.486 e. The largest absolute Gasteiger partial charge is 0.486 e. The lowest BCUT2D eigenvalue weighted by atomic mass is 10.1. The van der Waals surface area contributed by atoms with Crippen LogP contribution < -0.4 is 25.0 Å². The van der Waals surface area contributed by atoms with Crippen LogP contribution in [0, 0.1) is 6.92 Å². The number of hydrogen-bond acceptors (Lipinski definition) is 7. The topological polar surface area (TPSA) is 96.0 Å². The highest BCUT2D eigenvalue weighted by Gasteiger charge is 2.21. The number of rotatable bonds is 7. The molecule has 194 valence electrons. The van der Waals surface area contributed by atoms with Crippen molar-refractivity contribution in [2.75, 3.05) is 56.6 Å². The summed E-state index contributed by atoms with van der Waals surface area (Å²) >= 11 is 0. The Kier molecular flexibility index (Phi) is 7.41. The maximum atomic E-state index is 12.5. The highest BCUT2D eigenvalue weighted by molar-refractivity contribution is 5.96. The fourth-order valence-corrected chi connectivity index (χ4v) is 4.58. The molecule has 2 aliphatic heterocycles. The standard InChI is InChI=1S/C28H33N5O4/c1-19-15-26(33-13-11-32(2)12-14-33)31-23-8-7-20(16-22(19)23)30-28(35)10-9-27(34)29-17-21-18-36-24-5-3-4-6-25(24)37-21/h3-8,15-16,21H,9-14,17-18H2,1-2H3,(H,29,34)(H,30,35)/t21-/m1/s1. The van der Waals surface area contributed by atoms with Gasteiger partial charge in [-0.05, 0) is 55.9 Å². The minimum absolute atomic E-state index is 0.0916. The molecule has 37 heavy (non-hydrogen) atoms. The average Bonchev–Trinajstić information content (AvgIpc) is 2.91. The molecule has 0 saturated carbocycles. The number of carbonyl (C=O) groups excluding carboxylic acids is 2. The molecule has 0 spiro atoms. The van der Waals surface area contributed by atoms with Gasteiger partial charge in [-0.3, -0.25) is 9.59 Å². The van der Waals surface area contributed by atoms with Crippen LogP contribution in [0.15, 0.2) is 48.5 Å². The van der Waals surface area contributed by atoms with Crippen LogP contribution in [0.2, 0.25) is 0 Å². The number of nitrogens with zero attached hydrogens (tertiary/aromatic N) is 3. The van der Waals surface area contributed by atoms with Gasteiger partial charge in [0.2, 0.25) is 11.8 Å². The van der Waals surface area contributed by atoms with E-state index in [9.17, 15) is 9.59 Å². The molecule has 1 saturated heterocycles. The number of fused-ring (bicyclic) bond motifs is 2. The number of amides is 2. The van der Waals surface area contributed by atoms with Crippen LogP contribution in [-0.2, 0) is 9.59 Å². The van der Waals surface area contributed by atoms with Gasteiger partial charge >= 0.3 is 0 Å². The molecule has 3 heterocycles. The third kappa shape index (κ3) is 6.11. The number of anilines is 2. The van der Waals surface area contributed by atoms with Crippen LogP contribution in [-0.4, -0.2) is 74.2 Å². The van der Waals surface area contributed by atoms with Gasteiger partial charge in [-0.1, -0.05) is 12.1 Å². The lowest BCUT2D eigenvalue weighted by Gasteiger charge is -2.33. The molecule has 2 aromatic carbocycles. The van der Waals surface area contributed by atoms with Crippen molar-refractivity contribution in [1.29, 1.82) is 0 Å². The maximum Gasteiger partial charge on any atom is 0.224 e. The van der Waals surface area contributed by atoms with Crippen LogP contribution in [0.25, 0.3) is 10.9 Å². The molecular weight excluding hydrogens is 470 g/mol. The monoisotopic (exact) mass is 503 g/mol. The van der Waals surface area contributed by atoms with E-state index >= 15 is 0 Å². The Hall–Kier alpha value is -3.85. The first kappa shape index (κ1) is 24.8. The Morgan fingerprint density at radius 2 is 1.76 bits per heavy atom. The van der Waals surface area contributed by atoms with Gasteiger partial charge in [0.15, 0.2) is 11.5 Å². The number of para-hydroxylation sites is 2. The summed E-state index contributed by atoms with van der Waals surface area (Å²) in [6.45, 7) is 6.74. The Morgan fingerprint density at radius 1 is 1.00 bits per heavy atom. The molecule has 3 aromatic rings. The van der Waals surface area contributed by atoms with Gasteiger partial charge in [-0.25, -0.2) is 4.98 Å². The van der Waals surface area contributed by atoms with E-state index in [2.05, 4.69) is 40.5 Å². The van der Waals surface area contributed by atoms with Gasteiger partial charge < -0.3 is 29.9 Å². The van der Waals surface area contributed by atoms with Crippen molar-refractivity contribution in [3.05, 3.63) is 54.1 Å². The Labute approximate surface area is 216 Å². The molecule has 2 N–H and O–H groups in total. The van der Waals surface area contributed by atoms with Gasteiger partial charge in [0.25, 0.3) is 0 Å². The second-order valence-electron chi connectivity index (χ2n) is 9.67.